The molecule has 5 nitrogen and oxygen atoms in total. The zero-order chi connectivity index (χ0) is 38.8. The molecule has 8 aromatic rings. The lowest BCUT2D eigenvalue weighted by Crippen LogP contribution is -2.24. The van der Waals surface area contributed by atoms with Gasteiger partial charge in [0.25, 0.3) is 0 Å². The van der Waals surface area contributed by atoms with Crippen molar-refractivity contribution >= 4 is 44.6 Å². The predicted molar refractivity (Wildman–Crippen MR) is 235 cm³/mol. The Labute approximate surface area is 330 Å². The van der Waals surface area contributed by atoms with Crippen molar-refractivity contribution in [3.63, 3.8) is 0 Å². The lowest BCUT2D eigenvalue weighted by atomic mass is 9.86. The van der Waals surface area contributed by atoms with Gasteiger partial charge in [-0.3, -0.25) is 4.57 Å². The highest BCUT2D eigenvalue weighted by atomic mass is 16.5. The van der Waals surface area contributed by atoms with Gasteiger partial charge in [0.1, 0.15) is 24.0 Å². The van der Waals surface area contributed by atoms with Gasteiger partial charge in [0.2, 0.25) is 0 Å². The maximum atomic E-state index is 6.73. The number of ether oxygens (including phenoxy) is 1. The molecule has 3 heterocycles. The molecular formula is C51H48N4O. The van der Waals surface area contributed by atoms with E-state index in [1.807, 2.05) is 12.3 Å². The summed E-state index contributed by atoms with van der Waals surface area (Å²) in [7, 11) is 0. The quantitative estimate of drug-likeness (QED) is 0.170. The van der Waals surface area contributed by atoms with Crippen LogP contribution in [-0.4, -0.2) is 16.2 Å². The number of hydrogen-bond donors (Lipinski definition) is 0. The molecule has 0 unspecified atom stereocenters. The van der Waals surface area contributed by atoms with Crippen molar-refractivity contribution in [2.24, 2.45) is 0 Å². The molecule has 5 heteroatoms. The van der Waals surface area contributed by atoms with Crippen LogP contribution >= 0.6 is 0 Å². The third kappa shape index (κ3) is 6.37. The van der Waals surface area contributed by atoms with E-state index in [-0.39, 0.29) is 10.8 Å². The fourth-order valence-electron chi connectivity index (χ4n) is 8.05. The SMILES string of the molecule is Cc1cc(N2CN(c3cccc(Oc4ccc5c6cc(C(C)(C)C)ccc6n(-c6cc(C(C)(C)C)ccn6)c5c4)c3)c3ccccc32)ccc1-c1ccccc1. The maximum absolute atomic E-state index is 6.73. The van der Waals surface area contributed by atoms with E-state index in [1.54, 1.807) is 0 Å². The van der Waals surface area contributed by atoms with Gasteiger partial charge < -0.3 is 14.5 Å². The van der Waals surface area contributed by atoms with Gasteiger partial charge in [0, 0.05) is 40.5 Å². The van der Waals surface area contributed by atoms with Crippen LogP contribution in [0, 0.1) is 6.92 Å². The number of para-hydroxylation sites is 2. The Hall–Kier alpha value is -6.33. The monoisotopic (exact) mass is 732 g/mol. The minimum absolute atomic E-state index is 0.00599. The van der Waals surface area contributed by atoms with Gasteiger partial charge in [-0.25, -0.2) is 4.98 Å². The van der Waals surface area contributed by atoms with E-state index in [4.69, 9.17) is 9.72 Å². The van der Waals surface area contributed by atoms with Crippen molar-refractivity contribution in [2.45, 2.75) is 59.3 Å². The Kier molecular flexibility index (Phi) is 8.50. The predicted octanol–water partition coefficient (Wildman–Crippen LogP) is 13.8. The topological polar surface area (TPSA) is 33.5 Å². The summed E-state index contributed by atoms with van der Waals surface area (Å²) in [4.78, 5) is 9.68. The van der Waals surface area contributed by atoms with Gasteiger partial charge in [-0.1, -0.05) is 102 Å². The van der Waals surface area contributed by atoms with Gasteiger partial charge in [-0.15, -0.1) is 0 Å². The van der Waals surface area contributed by atoms with Crippen LogP contribution in [0.3, 0.4) is 0 Å². The van der Waals surface area contributed by atoms with Crippen LogP contribution in [0.1, 0.15) is 58.2 Å². The number of fused-ring (bicyclic) bond motifs is 4. The molecule has 56 heavy (non-hydrogen) atoms. The summed E-state index contributed by atoms with van der Waals surface area (Å²) in [5.74, 6) is 2.47. The molecule has 0 radical (unpaired) electrons. The van der Waals surface area contributed by atoms with Gasteiger partial charge in [0.05, 0.1) is 22.4 Å². The first kappa shape index (κ1) is 35.4. The van der Waals surface area contributed by atoms with E-state index >= 15 is 0 Å². The first-order valence-corrected chi connectivity index (χ1v) is 19.6. The Morgan fingerprint density at radius 3 is 1.93 bits per heavy atom. The van der Waals surface area contributed by atoms with Gasteiger partial charge in [-0.2, -0.15) is 0 Å². The van der Waals surface area contributed by atoms with Crippen molar-refractivity contribution in [3.8, 4) is 28.4 Å². The minimum Gasteiger partial charge on any atom is -0.457 e. The van der Waals surface area contributed by atoms with E-state index in [2.05, 4.69) is 202 Å². The Morgan fingerprint density at radius 1 is 0.536 bits per heavy atom. The molecule has 0 saturated carbocycles. The second-order valence-electron chi connectivity index (χ2n) is 17.1. The fourth-order valence-corrected chi connectivity index (χ4v) is 8.05. The molecule has 0 atom stereocenters. The Morgan fingerprint density at radius 2 is 1.21 bits per heavy atom. The molecule has 0 fully saturated rings. The number of benzene rings is 6. The molecule has 6 aromatic carbocycles. The third-order valence-corrected chi connectivity index (χ3v) is 11.2. The minimum atomic E-state index is -0.00599. The second kappa shape index (κ2) is 13.5. The summed E-state index contributed by atoms with van der Waals surface area (Å²) in [5.41, 5.74) is 13.1. The van der Waals surface area contributed by atoms with E-state index in [1.165, 1.54) is 55.7 Å². The molecule has 1 aliphatic rings. The van der Waals surface area contributed by atoms with Crippen LogP contribution in [-0.2, 0) is 10.8 Å². The number of anilines is 4. The van der Waals surface area contributed by atoms with Crippen LogP contribution in [0.25, 0.3) is 38.8 Å². The van der Waals surface area contributed by atoms with Crippen LogP contribution in [0.15, 0.2) is 152 Å². The summed E-state index contributed by atoms with van der Waals surface area (Å²) in [5, 5.41) is 2.39. The molecule has 0 amide bonds. The number of aromatic nitrogens is 2. The highest BCUT2D eigenvalue weighted by Gasteiger charge is 2.28. The van der Waals surface area contributed by atoms with Crippen LogP contribution in [0.5, 0.6) is 11.5 Å². The average Bonchev–Trinajstić information content (AvgIpc) is 3.73. The highest BCUT2D eigenvalue weighted by Crippen LogP contribution is 2.46. The second-order valence-corrected chi connectivity index (χ2v) is 17.1. The number of rotatable bonds is 6. The Balaban J connectivity index is 1.07. The number of nitrogens with zero attached hydrogens (tertiary/aromatic N) is 4. The van der Waals surface area contributed by atoms with Crippen molar-refractivity contribution in [1.82, 2.24) is 9.55 Å². The number of hydrogen-bond acceptors (Lipinski definition) is 4. The molecule has 2 aromatic heterocycles. The molecular weight excluding hydrogens is 685 g/mol. The maximum Gasteiger partial charge on any atom is 0.137 e. The van der Waals surface area contributed by atoms with E-state index in [0.29, 0.717) is 6.67 Å². The zero-order valence-electron chi connectivity index (χ0n) is 33.3. The van der Waals surface area contributed by atoms with E-state index in [0.717, 1.165) is 34.0 Å². The van der Waals surface area contributed by atoms with E-state index < -0.39 is 0 Å². The summed E-state index contributed by atoms with van der Waals surface area (Å²) < 4.78 is 9.02. The largest absolute Gasteiger partial charge is 0.457 e. The summed E-state index contributed by atoms with van der Waals surface area (Å²) >= 11 is 0. The molecule has 0 saturated heterocycles. The molecule has 0 N–H and O–H groups in total. The summed E-state index contributed by atoms with van der Waals surface area (Å²) in [6.45, 7) is 16.4. The lowest BCUT2D eigenvalue weighted by Gasteiger charge is -2.23. The van der Waals surface area contributed by atoms with Crippen LogP contribution in [0.2, 0.25) is 0 Å². The van der Waals surface area contributed by atoms with Gasteiger partial charge >= 0.3 is 0 Å². The van der Waals surface area contributed by atoms with Crippen LogP contribution in [0.4, 0.5) is 22.7 Å². The van der Waals surface area contributed by atoms with E-state index in [9.17, 15) is 0 Å². The summed E-state index contributed by atoms with van der Waals surface area (Å²) in [6.07, 6.45) is 1.93. The molecule has 9 rings (SSSR count). The number of pyridine rings is 1. The van der Waals surface area contributed by atoms with Crippen molar-refractivity contribution in [1.29, 1.82) is 0 Å². The molecule has 0 spiro atoms. The number of aryl methyl sites for hydroxylation is 1. The van der Waals surface area contributed by atoms with Crippen LogP contribution < -0.4 is 14.5 Å². The molecule has 278 valence electrons. The van der Waals surface area contributed by atoms with Crippen molar-refractivity contribution < 1.29 is 4.74 Å². The van der Waals surface area contributed by atoms with Crippen molar-refractivity contribution in [2.75, 3.05) is 16.5 Å². The normalized spacial score (nSPS) is 13.1. The Bertz CT molecular complexity index is 2750. The zero-order valence-corrected chi connectivity index (χ0v) is 33.3. The average molecular weight is 733 g/mol. The standard InChI is InChI=1S/C51H48N4O/c1-34-28-39(21-23-42(34)35-14-9-8-10-15-35)54-33-53(46-18-11-12-19-47(46)54)38-16-13-17-40(31-38)56-41-22-24-43-44-29-36(50(2,3)4)20-25-45(44)55(48(43)32-41)49-30-37(26-27-52-49)51(5,6)7/h8-32H,33H2,1-7H3. The first-order chi connectivity index (χ1) is 26.9. The van der Waals surface area contributed by atoms with Gasteiger partial charge in [-0.05, 0) is 118 Å². The molecule has 1 aliphatic heterocycles. The summed E-state index contributed by atoms with van der Waals surface area (Å²) in [6, 6.07) is 52.1. The highest BCUT2D eigenvalue weighted by molar-refractivity contribution is 6.09. The molecule has 0 bridgehead atoms. The third-order valence-electron chi connectivity index (χ3n) is 11.2. The first-order valence-electron chi connectivity index (χ1n) is 19.6. The lowest BCUT2D eigenvalue weighted by molar-refractivity contribution is 0.483. The van der Waals surface area contributed by atoms with Gasteiger partial charge in [0.15, 0.2) is 0 Å². The smallest absolute Gasteiger partial charge is 0.137 e. The molecule has 0 aliphatic carbocycles. The van der Waals surface area contributed by atoms with Crippen molar-refractivity contribution in [3.05, 3.63) is 168 Å². The fraction of sp³-hybridized carbons (Fsp3) is 0.196.